The Morgan fingerprint density at radius 3 is 2.50 bits per heavy atom. The fourth-order valence-corrected chi connectivity index (χ4v) is 3.17. The Morgan fingerprint density at radius 1 is 1.00 bits per heavy atom. The fourth-order valence-electron chi connectivity index (χ4n) is 3.17. The van der Waals surface area contributed by atoms with E-state index in [1.807, 2.05) is 6.07 Å². The van der Waals surface area contributed by atoms with Crippen LogP contribution in [0.2, 0.25) is 0 Å². The maximum absolute atomic E-state index is 11.7. The first-order valence-corrected chi connectivity index (χ1v) is 7.98. The minimum Gasteiger partial charge on any atom is -0.481 e. The molecule has 0 amide bonds. The second-order valence-corrected chi connectivity index (χ2v) is 5.99. The molecule has 3 aromatic rings. The number of rotatable bonds is 3. The standard InChI is InChI=1S/C20H14N2O4/c23-19(24)13-9-17(21-15-7-3-1-5-11(13)15)18-10-14(20(25)26)12-6-2-4-8-16(12)22-18/h1-10,13,21H,(H,23,24)(H,25,26). The Labute approximate surface area is 148 Å². The molecule has 6 heteroatoms. The molecule has 1 unspecified atom stereocenters. The van der Waals surface area contributed by atoms with Crippen LogP contribution in [0, 0.1) is 0 Å². The van der Waals surface area contributed by atoms with Gasteiger partial charge in [-0.1, -0.05) is 36.4 Å². The Hall–Kier alpha value is -3.67. The number of benzene rings is 2. The van der Waals surface area contributed by atoms with E-state index in [2.05, 4.69) is 10.3 Å². The largest absolute Gasteiger partial charge is 0.481 e. The Morgan fingerprint density at radius 2 is 1.73 bits per heavy atom. The number of fused-ring (bicyclic) bond motifs is 2. The number of aromatic carboxylic acids is 1. The molecule has 6 nitrogen and oxygen atoms in total. The number of hydrogen-bond donors (Lipinski definition) is 3. The summed E-state index contributed by atoms with van der Waals surface area (Å²) in [6.07, 6.45) is 1.56. The van der Waals surface area contributed by atoms with Crippen molar-refractivity contribution in [1.82, 2.24) is 4.98 Å². The van der Waals surface area contributed by atoms with Crippen molar-refractivity contribution in [1.29, 1.82) is 0 Å². The van der Waals surface area contributed by atoms with E-state index in [9.17, 15) is 19.8 Å². The first kappa shape index (κ1) is 15.8. The minimum atomic E-state index is -1.06. The lowest BCUT2D eigenvalue weighted by molar-refractivity contribution is -0.137. The molecule has 1 aliphatic heterocycles. The summed E-state index contributed by atoms with van der Waals surface area (Å²) in [5, 5.41) is 22.8. The van der Waals surface area contributed by atoms with Gasteiger partial charge in [-0.25, -0.2) is 9.78 Å². The third-order valence-corrected chi connectivity index (χ3v) is 4.39. The second kappa shape index (κ2) is 6.00. The molecule has 1 aromatic heterocycles. The van der Waals surface area contributed by atoms with Crippen molar-refractivity contribution >= 4 is 34.2 Å². The highest BCUT2D eigenvalue weighted by atomic mass is 16.4. The number of aliphatic carboxylic acids is 1. The molecule has 0 spiro atoms. The molecule has 0 fully saturated rings. The van der Waals surface area contributed by atoms with Crippen molar-refractivity contribution in [3.63, 3.8) is 0 Å². The summed E-state index contributed by atoms with van der Waals surface area (Å²) < 4.78 is 0. The van der Waals surface area contributed by atoms with E-state index < -0.39 is 17.9 Å². The van der Waals surface area contributed by atoms with Gasteiger partial charge in [-0.2, -0.15) is 0 Å². The average Bonchev–Trinajstić information content (AvgIpc) is 2.66. The number of pyridine rings is 1. The number of para-hydroxylation sites is 2. The molecule has 4 rings (SSSR count). The molecule has 2 aromatic carbocycles. The van der Waals surface area contributed by atoms with Crippen LogP contribution in [0.3, 0.4) is 0 Å². The van der Waals surface area contributed by atoms with E-state index in [4.69, 9.17) is 0 Å². The summed E-state index contributed by atoms with van der Waals surface area (Å²) in [6.45, 7) is 0. The summed E-state index contributed by atoms with van der Waals surface area (Å²) in [4.78, 5) is 27.9. The number of nitrogens with zero attached hydrogens (tertiary/aromatic N) is 1. The van der Waals surface area contributed by atoms with E-state index in [1.165, 1.54) is 6.07 Å². The molecule has 3 N–H and O–H groups in total. The van der Waals surface area contributed by atoms with Gasteiger partial charge in [0.05, 0.1) is 22.5 Å². The van der Waals surface area contributed by atoms with E-state index in [-0.39, 0.29) is 5.56 Å². The molecule has 26 heavy (non-hydrogen) atoms. The van der Waals surface area contributed by atoms with Crippen LogP contribution in [0.5, 0.6) is 0 Å². The summed E-state index contributed by atoms with van der Waals surface area (Å²) >= 11 is 0. The lowest BCUT2D eigenvalue weighted by Gasteiger charge is -2.23. The monoisotopic (exact) mass is 346 g/mol. The summed E-state index contributed by atoms with van der Waals surface area (Å²) in [5.41, 5.74) is 2.85. The van der Waals surface area contributed by atoms with E-state index in [1.54, 1.807) is 48.5 Å². The first-order chi connectivity index (χ1) is 12.5. The Balaban J connectivity index is 1.90. The minimum absolute atomic E-state index is 0.124. The fraction of sp³-hybridized carbons (Fsp3) is 0.0500. The number of anilines is 1. The average molecular weight is 346 g/mol. The highest BCUT2D eigenvalue weighted by molar-refractivity contribution is 6.04. The lowest BCUT2D eigenvalue weighted by Crippen LogP contribution is -2.18. The van der Waals surface area contributed by atoms with Crippen LogP contribution in [-0.2, 0) is 4.79 Å². The summed E-state index contributed by atoms with van der Waals surface area (Å²) in [5.74, 6) is -2.86. The summed E-state index contributed by atoms with van der Waals surface area (Å²) in [6, 6.07) is 15.6. The molecular weight excluding hydrogens is 332 g/mol. The van der Waals surface area contributed by atoms with Gasteiger partial charge in [0.25, 0.3) is 0 Å². The van der Waals surface area contributed by atoms with E-state index >= 15 is 0 Å². The molecule has 1 aliphatic rings. The van der Waals surface area contributed by atoms with Crippen LogP contribution in [0.15, 0.2) is 60.7 Å². The van der Waals surface area contributed by atoms with Gasteiger partial charge in [0, 0.05) is 11.1 Å². The number of carboxylic acids is 2. The maximum atomic E-state index is 11.7. The SMILES string of the molecule is O=C(O)c1cc(C2=CC(C(=O)O)c3ccccc3N2)nc2ccccc12. The quantitative estimate of drug-likeness (QED) is 0.670. The smallest absolute Gasteiger partial charge is 0.336 e. The predicted molar refractivity (Wildman–Crippen MR) is 97.1 cm³/mol. The van der Waals surface area contributed by atoms with Crippen molar-refractivity contribution in [3.05, 3.63) is 77.5 Å². The van der Waals surface area contributed by atoms with Crippen LogP contribution >= 0.6 is 0 Å². The number of hydrogen-bond acceptors (Lipinski definition) is 4. The predicted octanol–water partition coefficient (Wildman–Crippen LogP) is 3.57. The van der Waals surface area contributed by atoms with E-state index in [0.717, 1.165) is 0 Å². The molecule has 0 aliphatic carbocycles. The first-order valence-electron chi connectivity index (χ1n) is 7.98. The van der Waals surface area contributed by atoms with E-state index in [0.29, 0.717) is 33.5 Å². The van der Waals surface area contributed by atoms with Crippen molar-refractivity contribution in [2.24, 2.45) is 0 Å². The highest BCUT2D eigenvalue weighted by Crippen LogP contribution is 2.35. The van der Waals surface area contributed by atoms with Gasteiger partial charge in [0.15, 0.2) is 0 Å². The van der Waals surface area contributed by atoms with Crippen molar-refractivity contribution < 1.29 is 19.8 Å². The molecule has 0 saturated carbocycles. The third kappa shape index (κ3) is 2.57. The maximum Gasteiger partial charge on any atom is 0.336 e. The number of nitrogens with one attached hydrogen (secondary N) is 1. The molecular formula is C20H14N2O4. The molecule has 0 saturated heterocycles. The van der Waals surface area contributed by atoms with Crippen LogP contribution in [0.1, 0.15) is 27.5 Å². The van der Waals surface area contributed by atoms with Crippen LogP contribution in [0.4, 0.5) is 5.69 Å². The lowest BCUT2D eigenvalue weighted by atomic mass is 9.92. The van der Waals surface area contributed by atoms with Gasteiger partial charge in [0.2, 0.25) is 0 Å². The van der Waals surface area contributed by atoms with Gasteiger partial charge in [-0.15, -0.1) is 0 Å². The second-order valence-electron chi connectivity index (χ2n) is 5.99. The van der Waals surface area contributed by atoms with Gasteiger partial charge in [0.1, 0.15) is 5.92 Å². The topological polar surface area (TPSA) is 99.5 Å². The normalized spacial score (nSPS) is 15.7. The molecule has 0 bridgehead atoms. The number of carboxylic acid groups (broad SMARTS) is 2. The third-order valence-electron chi connectivity index (χ3n) is 4.39. The molecule has 1 atom stereocenters. The van der Waals surface area contributed by atoms with Gasteiger partial charge in [-0.3, -0.25) is 4.79 Å². The molecule has 2 heterocycles. The molecule has 0 radical (unpaired) electrons. The summed E-state index contributed by atoms with van der Waals surface area (Å²) in [7, 11) is 0. The number of carbonyl (C=O) groups is 2. The Bertz CT molecular complexity index is 1090. The van der Waals surface area contributed by atoms with Crippen molar-refractivity contribution in [3.8, 4) is 0 Å². The van der Waals surface area contributed by atoms with Gasteiger partial charge in [-0.05, 0) is 29.8 Å². The van der Waals surface area contributed by atoms with Crippen molar-refractivity contribution in [2.45, 2.75) is 5.92 Å². The number of aromatic nitrogens is 1. The zero-order chi connectivity index (χ0) is 18.3. The zero-order valence-electron chi connectivity index (χ0n) is 13.5. The molecule has 128 valence electrons. The van der Waals surface area contributed by atoms with Gasteiger partial charge < -0.3 is 15.5 Å². The highest BCUT2D eigenvalue weighted by Gasteiger charge is 2.27. The van der Waals surface area contributed by atoms with Crippen molar-refractivity contribution in [2.75, 3.05) is 5.32 Å². The Kier molecular flexibility index (Phi) is 3.65. The van der Waals surface area contributed by atoms with Crippen LogP contribution in [0.25, 0.3) is 16.6 Å². The van der Waals surface area contributed by atoms with Gasteiger partial charge >= 0.3 is 11.9 Å². The van der Waals surface area contributed by atoms with Crippen LogP contribution < -0.4 is 5.32 Å². The zero-order valence-corrected chi connectivity index (χ0v) is 13.5. The van der Waals surface area contributed by atoms with Crippen LogP contribution in [-0.4, -0.2) is 27.1 Å².